The number of anilines is 2. The van der Waals surface area contributed by atoms with Gasteiger partial charge in [0.1, 0.15) is 17.5 Å². The highest BCUT2D eigenvalue weighted by atomic mass is 19.1. The normalized spacial score (nSPS) is 14.3. The Bertz CT molecular complexity index is 686. The highest BCUT2D eigenvalue weighted by molar-refractivity contribution is 5.45. The van der Waals surface area contributed by atoms with Crippen molar-refractivity contribution in [3.8, 4) is 0 Å². The second-order valence-corrected chi connectivity index (χ2v) is 5.84. The number of aliphatic hydroxyl groups excluding tert-OH is 1. The van der Waals surface area contributed by atoms with E-state index in [1.54, 1.807) is 0 Å². The SMILES string of the molecule is Cc1cc(CNc2cc(CO)c(F)cn2)cc(N2CCCC2)n1. The van der Waals surface area contributed by atoms with E-state index in [2.05, 4.69) is 26.3 Å². The quantitative estimate of drug-likeness (QED) is 0.888. The van der Waals surface area contributed by atoms with Crippen LogP contribution in [0.2, 0.25) is 0 Å². The van der Waals surface area contributed by atoms with Crippen LogP contribution in [-0.2, 0) is 13.2 Å². The van der Waals surface area contributed by atoms with Crippen molar-refractivity contribution in [3.63, 3.8) is 0 Å². The van der Waals surface area contributed by atoms with E-state index in [0.717, 1.165) is 36.4 Å². The van der Waals surface area contributed by atoms with Gasteiger partial charge >= 0.3 is 0 Å². The summed E-state index contributed by atoms with van der Waals surface area (Å²) in [5.74, 6) is 1.07. The summed E-state index contributed by atoms with van der Waals surface area (Å²) in [5, 5.41) is 12.3. The molecule has 23 heavy (non-hydrogen) atoms. The molecule has 3 heterocycles. The van der Waals surface area contributed by atoms with Gasteiger partial charge in [0.2, 0.25) is 0 Å². The van der Waals surface area contributed by atoms with Crippen LogP contribution >= 0.6 is 0 Å². The molecule has 0 aliphatic carbocycles. The van der Waals surface area contributed by atoms with Crippen molar-refractivity contribution in [1.29, 1.82) is 0 Å². The van der Waals surface area contributed by atoms with Crippen LogP contribution in [0.25, 0.3) is 0 Å². The zero-order valence-electron chi connectivity index (χ0n) is 13.2. The number of nitrogens with one attached hydrogen (secondary N) is 1. The third-order valence-electron chi connectivity index (χ3n) is 4.01. The molecule has 2 aromatic rings. The van der Waals surface area contributed by atoms with E-state index in [4.69, 9.17) is 5.11 Å². The van der Waals surface area contributed by atoms with Gasteiger partial charge in [-0.2, -0.15) is 0 Å². The molecular weight excluding hydrogens is 295 g/mol. The molecule has 0 saturated carbocycles. The van der Waals surface area contributed by atoms with Gasteiger partial charge < -0.3 is 15.3 Å². The molecule has 0 unspecified atom stereocenters. The number of aromatic nitrogens is 2. The molecule has 6 heteroatoms. The lowest BCUT2D eigenvalue weighted by Crippen LogP contribution is -2.19. The van der Waals surface area contributed by atoms with Crippen LogP contribution in [0.5, 0.6) is 0 Å². The highest BCUT2D eigenvalue weighted by Gasteiger charge is 2.14. The molecule has 1 aliphatic heterocycles. The van der Waals surface area contributed by atoms with Gasteiger partial charge in [-0.1, -0.05) is 0 Å². The van der Waals surface area contributed by atoms with Crippen molar-refractivity contribution in [2.75, 3.05) is 23.3 Å². The molecule has 0 aromatic carbocycles. The third kappa shape index (κ3) is 3.76. The topological polar surface area (TPSA) is 61.3 Å². The van der Waals surface area contributed by atoms with Crippen molar-refractivity contribution in [2.45, 2.75) is 32.9 Å². The number of hydrogen-bond donors (Lipinski definition) is 2. The van der Waals surface area contributed by atoms with Crippen molar-refractivity contribution in [2.24, 2.45) is 0 Å². The van der Waals surface area contributed by atoms with Gasteiger partial charge in [0.15, 0.2) is 0 Å². The number of pyridine rings is 2. The van der Waals surface area contributed by atoms with E-state index in [-0.39, 0.29) is 12.2 Å². The number of nitrogens with zero attached hydrogens (tertiary/aromatic N) is 3. The summed E-state index contributed by atoms with van der Waals surface area (Å²) < 4.78 is 13.3. The van der Waals surface area contributed by atoms with Crippen molar-refractivity contribution in [3.05, 3.63) is 47.0 Å². The standard InChI is InChI=1S/C17H21FN4O/c1-12-6-13(7-17(21-12)22-4-2-3-5-22)9-19-16-8-14(11-23)15(18)10-20-16/h6-8,10,23H,2-5,9,11H2,1H3,(H,19,20). The predicted octanol–water partition coefficient (Wildman–Crippen LogP) is 2.63. The summed E-state index contributed by atoms with van der Waals surface area (Å²) in [6.45, 7) is 4.35. The minimum absolute atomic E-state index is 0.242. The first-order chi connectivity index (χ1) is 11.2. The molecule has 0 radical (unpaired) electrons. The molecule has 3 rings (SSSR count). The fraction of sp³-hybridized carbons (Fsp3) is 0.412. The fourth-order valence-electron chi connectivity index (χ4n) is 2.82. The summed E-state index contributed by atoms with van der Waals surface area (Å²) >= 11 is 0. The number of aryl methyl sites for hydroxylation is 1. The Morgan fingerprint density at radius 3 is 2.78 bits per heavy atom. The number of rotatable bonds is 5. The fourth-order valence-corrected chi connectivity index (χ4v) is 2.82. The van der Waals surface area contributed by atoms with E-state index < -0.39 is 5.82 Å². The molecule has 0 atom stereocenters. The molecule has 5 nitrogen and oxygen atoms in total. The summed E-state index contributed by atoms with van der Waals surface area (Å²) in [7, 11) is 0. The van der Waals surface area contributed by atoms with Crippen LogP contribution < -0.4 is 10.2 Å². The molecule has 2 N–H and O–H groups in total. The van der Waals surface area contributed by atoms with Crippen molar-refractivity contribution in [1.82, 2.24) is 9.97 Å². The van der Waals surface area contributed by atoms with Gasteiger partial charge in [-0.05, 0) is 43.5 Å². The number of halogens is 1. The average Bonchev–Trinajstić information content (AvgIpc) is 3.08. The first kappa shape index (κ1) is 15.7. The zero-order valence-corrected chi connectivity index (χ0v) is 13.2. The Balaban J connectivity index is 1.72. The summed E-state index contributed by atoms with van der Waals surface area (Å²) in [4.78, 5) is 10.9. The lowest BCUT2D eigenvalue weighted by molar-refractivity contribution is 0.275. The van der Waals surface area contributed by atoms with E-state index in [9.17, 15) is 4.39 Å². The Morgan fingerprint density at radius 2 is 2.04 bits per heavy atom. The summed E-state index contributed by atoms with van der Waals surface area (Å²) in [6, 6.07) is 5.65. The van der Waals surface area contributed by atoms with Crippen LogP contribution in [0, 0.1) is 12.7 Å². The molecule has 122 valence electrons. The maximum absolute atomic E-state index is 13.3. The zero-order chi connectivity index (χ0) is 16.2. The first-order valence-electron chi connectivity index (χ1n) is 7.87. The highest BCUT2D eigenvalue weighted by Crippen LogP contribution is 2.21. The van der Waals surface area contributed by atoms with E-state index in [1.165, 1.54) is 18.9 Å². The Morgan fingerprint density at radius 1 is 1.26 bits per heavy atom. The molecule has 0 spiro atoms. The first-order valence-corrected chi connectivity index (χ1v) is 7.87. The smallest absolute Gasteiger partial charge is 0.147 e. The minimum atomic E-state index is -0.492. The number of aliphatic hydroxyl groups is 1. The molecule has 1 fully saturated rings. The van der Waals surface area contributed by atoms with Crippen LogP contribution in [0.4, 0.5) is 16.0 Å². The Hall–Kier alpha value is -2.21. The van der Waals surface area contributed by atoms with Gasteiger partial charge in [-0.25, -0.2) is 14.4 Å². The van der Waals surface area contributed by atoms with Gasteiger partial charge in [-0.15, -0.1) is 0 Å². The van der Waals surface area contributed by atoms with Crippen molar-refractivity contribution < 1.29 is 9.50 Å². The largest absolute Gasteiger partial charge is 0.392 e. The molecule has 1 aliphatic rings. The second-order valence-electron chi connectivity index (χ2n) is 5.84. The third-order valence-corrected chi connectivity index (χ3v) is 4.01. The molecule has 2 aromatic heterocycles. The van der Waals surface area contributed by atoms with Crippen LogP contribution in [0.1, 0.15) is 29.7 Å². The van der Waals surface area contributed by atoms with E-state index >= 15 is 0 Å². The van der Waals surface area contributed by atoms with Gasteiger partial charge in [0.05, 0.1) is 12.8 Å². The van der Waals surface area contributed by atoms with Crippen LogP contribution in [0.3, 0.4) is 0 Å². The molecule has 0 amide bonds. The Labute approximate surface area is 135 Å². The summed E-state index contributed by atoms with van der Waals surface area (Å²) in [6.07, 6.45) is 3.56. The molecule has 0 bridgehead atoms. The second kappa shape index (κ2) is 6.91. The number of hydrogen-bond acceptors (Lipinski definition) is 5. The average molecular weight is 316 g/mol. The van der Waals surface area contributed by atoms with E-state index in [1.807, 2.05) is 13.0 Å². The maximum atomic E-state index is 13.3. The summed E-state index contributed by atoms with van der Waals surface area (Å²) in [5.41, 5.74) is 2.33. The molecular formula is C17H21FN4O. The lowest BCUT2D eigenvalue weighted by atomic mass is 10.2. The van der Waals surface area contributed by atoms with Gasteiger partial charge in [0.25, 0.3) is 0 Å². The van der Waals surface area contributed by atoms with Crippen LogP contribution in [-0.4, -0.2) is 28.2 Å². The lowest BCUT2D eigenvalue weighted by Gasteiger charge is -2.18. The van der Waals surface area contributed by atoms with Gasteiger partial charge in [0, 0.05) is 30.9 Å². The minimum Gasteiger partial charge on any atom is -0.392 e. The Kier molecular flexibility index (Phi) is 4.71. The van der Waals surface area contributed by atoms with Crippen LogP contribution in [0.15, 0.2) is 24.4 Å². The van der Waals surface area contributed by atoms with Gasteiger partial charge in [-0.3, -0.25) is 0 Å². The van der Waals surface area contributed by atoms with E-state index in [0.29, 0.717) is 12.4 Å². The monoisotopic (exact) mass is 316 g/mol. The predicted molar refractivity (Wildman–Crippen MR) is 87.9 cm³/mol. The van der Waals surface area contributed by atoms with Crippen molar-refractivity contribution >= 4 is 11.6 Å². The maximum Gasteiger partial charge on any atom is 0.147 e. The molecule has 1 saturated heterocycles.